The fourth-order valence-corrected chi connectivity index (χ4v) is 8.51. The van der Waals surface area contributed by atoms with Crippen LogP contribution in [-0.2, 0) is 42.9 Å². The van der Waals surface area contributed by atoms with Crippen LogP contribution in [0.1, 0.15) is 239 Å². The summed E-state index contributed by atoms with van der Waals surface area (Å²) < 4.78 is 28.3. The highest BCUT2D eigenvalue weighted by Gasteiger charge is 2.50. The van der Waals surface area contributed by atoms with Gasteiger partial charge in [0.25, 0.3) is 0 Å². The van der Waals surface area contributed by atoms with E-state index in [0.717, 1.165) is 89.9 Å². The minimum Gasteiger partial charge on any atom is -0.479 e. The lowest BCUT2D eigenvalue weighted by atomic mass is 9.98. The fraction of sp³-hybridized carbons (Fsp3) is 0.714. The molecule has 1 aliphatic heterocycles. The van der Waals surface area contributed by atoms with Gasteiger partial charge in [0.05, 0.1) is 6.61 Å². The molecule has 0 bridgehead atoms. The van der Waals surface area contributed by atoms with E-state index in [0.29, 0.717) is 19.3 Å². The van der Waals surface area contributed by atoms with E-state index < -0.39 is 67.3 Å². The van der Waals surface area contributed by atoms with Crippen LogP contribution < -0.4 is 0 Å². The number of hydrogen-bond donors (Lipinski definition) is 3. The van der Waals surface area contributed by atoms with Gasteiger partial charge in [-0.05, 0) is 77.0 Å². The van der Waals surface area contributed by atoms with Crippen molar-refractivity contribution in [3.63, 3.8) is 0 Å². The first-order chi connectivity index (χ1) is 36.6. The van der Waals surface area contributed by atoms with Crippen molar-refractivity contribution in [2.45, 2.75) is 276 Å². The van der Waals surface area contributed by atoms with Crippen molar-refractivity contribution in [1.29, 1.82) is 0 Å². The van der Waals surface area contributed by atoms with Gasteiger partial charge in [-0.3, -0.25) is 14.4 Å². The maximum absolute atomic E-state index is 13.1. The van der Waals surface area contributed by atoms with E-state index in [4.69, 9.17) is 23.7 Å². The molecule has 0 aromatic carbocycles. The van der Waals surface area contributed by atoms with Crippen LogP contribution in [-0.4, -0.2) is 89.2 Å². The van der Waals surface area contributed by atoms with Crippen LogP contribution in [0.25, 0.3) is 0 Å². The van der Waals surface area contributed by atoms with Gasteiger partial charge in [0.2, 0.25) is 0 Å². The van der Waals surface area contributed by atoms with Crippen LogP contribution in [0.15, 0.2) is 85.1 Å². The molecular weight excluding hydrogens is 949 g/mol. The molecule has 0 saturated carbocycles. The number of rotatable bonds is 49. The summed E-state index contributed by atoms with van der Waals surface area (Å²) in [4.78, 5) is 51.0. The summed E-state index contributed by atoms with van der Waals surface area (Å²) in [5.74, 6) is -3.27. The van der Waals surface area contributed by atoms with E-state index in [1.54, 1.807) is 0 Å². The summed E-state index contributed by atoms with van der Waals surface area (Å²) in [5.41, 5.74) is 0. The van der Waals surface area contributed by atoms with Crippen LogP contribution in [0.5, 0.6) is 0 Å². The highest BCUT2D eigenvalue weighted by atomic mass is 16.7. The normalized spacial score (nSPS) is 18.8. The number of unbranched alkanes of at least 4 members (excludes halogenated alkanes) is 21. The second kappa shape index (κ2) is 50.7. The predicted molar refractivity (Wildman–Crippen MR) is 303 cm³/mol. The van der Waals surface area contributed by atoms with Crippen LogP contribution in [0.4, 0.5) is 0 Å². The van der Waals surface area contributed by atoms with E-state index in [-0.39, 0.29) is 25.9 Å². The molecule has 6 atom stereocenters. The molecule has 12 nitrogen and oxygen atoms in total. The van der Waals surface area contributed by atoms with E-state index >= 15 is 0 Å². The average molecular weight is 1050 g/mol. The molecule has 1 rings (SSSR count). The molecule has 75 heavy (non-hydrogen) atoms. The number of aliphatic carboxylic acids is 1. The zero-order valence-electron chi connectivity index (χ0n) is 47.0. The Morgan fingerprint density at radius 1 is 0.453 bits per heavy atom. The number of allylic oxidation sites excluding steroid dienone is 14. The number of aliphatic hydroxyl groups is 2. The Labute approximate surface area is 454 Å². The molecule has 0 radical (unpaired) electrons. The van der Waals surface area contributed by atoms with Gasteiger partial charge in [-0.15, -0.1) is 0 Å². The fourth-order valence-electron chi connectivity index (χ4n) is 8.51. The number of ether oxygens (including phenoxy) is 5. The quantitative estimate of drug-likeness (QED) is 0.0228. The minimum absolute atomic E-state index is 0.0508. The standard InChI is InChI=1S/C63H104O12/c1-4-7-10-13-16-19-22-25-26-27-28-29-30-33-36-39-42-45-48-51-57(66)74-61-59(68)58(67)60(62(69)70)75-63(61)72-53-54(73-56(65)50-47-44-41-38-35-32-24-21-18-15-12-9-6-3)52-71-55(64)49-46-43-40-37-34-31-23-20-17-14-11-8-5-2/h8-9,11-12,17-18,20-21,31-32,34-35,40,43,54,58-61,63,67-68H,4-7,10,13-16,19,22-30,33,36-39,41-42,44-53H2,1-3H3,(H,69,70)/b11-8-,12-9-,20-17-,21-18-,34-31-,35-32-,43-40-. The number of carboxylic acid groups (broad SMARTS) is 1. The summed E-state index contributed by atoms with van der Waals surface area (Å²) in [5, 5.41) is 31.5. The van der Waals surface area contributed by atoms with E-state index in [9.17, 15) is 34.5 Å². The second-order valence-corrected chi connectivity index (χ2v) is 19.9. The lowest BCUT2D eigenvalue weighted by molar-refractivity contribution is -0.301. The van der Waals surface area contributed by atoms with Gasteiger partial charge >= 0.3 is 23.9 Å². The smallest absolute Gasteiger partial charge is 0.335 e. The largest absolute Gasteiger partial charge is 0.479 e. The maximum Gasteiger partial charge on any atom is 0.335 e. The third kappa shape index (κ3) is 40.8. The number of carboxylic acids is 1. The Kier molecular flexibility index (Phi) is 46.6. The number of esters is 3. The molecule has 0 aromatic heterocycles. The minimum atomic E-state index is -1.92. The Hall–Kier alpha value is -4.10. The Bertz CT molecular complexity index is 1630. The van der Waals surface area contributed by atoms with Crippen molar-refractivity contribution in [3.8, 4) is 0 Å². The summed E-state index contributed by atoms with van der Waals surface area (Å²) in [6, 6.07) is 0. The van der Waals surface area contributed by atoms with Crippen molar-refractivity contribution in [2.24, 2.45) is 0 Å². The van der Waals surface area contributed by atoms with Crippen molar-refractivity contribution < 1.29 is 58.2 Å². The van der Waals surface area contributed by atoms with Gasteiger partial charge < -0.3 is 39.0 Å². The maximum atomic E-state index is 13.1. The van der Waals surface area contributed by atoms with Gasteiger partial charge in [0.1, 0.15) is 18.8 Å². The first-order valence-corrected chi connectivity index (χ1v) is 29.6. The number of hydrogen-bond acceptors (Lipinski definition) is 11. The average Bonchev–Trinajstić information content (AvgIpc) is 3.39. The molecule has 1 saturated heterocycles. The lowest BCUT2D eigenvalue weighted by Crippen LogP contribution is -2.61. The highest BCUT2D eigenvalue weighted by Crippen LogP contribution is 2.26. The van der Waals surface area contributed by atoms with E-state index in [1.807, 2.05) is 12.2 Å². The molecule has 0 aliphatic carbocycles. The van der Waals surface area contributed by atoms with Gasteiger partial charge in [0.15, 0.2) is 24.6 Å². The zero-order valence-corrected chi connectivity index (χ0v) is 47.0. The third-order valence-electron chi connectivity index (χ3n) is 13.0. The molecule has 12 heteroatoms. The number of aliphatic hydroxyl groups excluding tert-OH is 2. The summed E-state index contributed by atoms with van der Waals surface area (Å²) in [6.45, 7) is 5.68. The van der Waals surface area contributed by atoms with Gasteiger partial charge in [-0.2, -0.15) is 0 Å². The third-order valence-corrected chi connectivity index (χ3v) is 13.0. The zero-order chi connectivity index (χ0) is 54.7. The van der Waals surface area contributed by atoms with Crippen LogP contribution >= 0.6 is 0 Å². The molecule has 428 valence electrons. The molecule has 1 aliphatic rings. The van der Waals surface area contributed by atoms with Crippen LogP contribution in [0.2, 0.25) is 0 Å². The van der Waals surface area contributed by atoms with Crippen molar-refractivity contribution >= 4 is 23.9 Å². The monoisotopic (exact) mass is 1050 g/mol. The highest BCUT2D eigenvalue weighted by molar-refractivity contribution is 5.74. The van der Waals surface area contributed by atoms with Crippen molar-refractivity contribution in [2.75, 3.05) is 13.2 Å². The van der Waals surface area contributed by atoms with Crippen molar-refractivity contribution in [1.82, 2.24) is 0 Å². The predicted octanol–water partition coefficient (Wildman–Crippen LogP) is 15.1. The Morgan fingerprint density at radius 3 is 1.33 bits per heavy atom. The molecule has 3 N–H and O–H groups in total. The Morgan fingerprint density at radius 2 is 0.867 bits per heavy atom. The van der Waals surface area contributed by atoms with Crippen LogP contribution in [0.3, 0.4) is 0 Å². The molecule has 0 amide bonds. The van der Waals surface area contributed by atoms with Gasteiger partial charge in [-0.25, -0.2) is 4.79 Å². The van der Waals surface area contributed by atoms with Gasteiger partial charge in [-0.1, -0.05) is 228 Å². The summed E-state index contributed by atoms with van der Waals surface area (Å²) in [6.07, 6.45) is 53.0. The summed E-state index contributed by atoms with van der Waals surface area (Å²) >= 11 is 0. The molecule has 1 fully saturated rings. The SMILES string of the molecule is CC/C=C\C/C=C\C/C=C\C/C=C\CCC(=O)OCC(COC1OC(C(=O)O)C(O)C(O)C1OC(=O)CCCCCCCCCCCCCCCCCCCCC)OC(=O)CCCCC/C=C\C/C=C\C/C=C\CC. The van der Waals surface area contributed by atoms with E-state index in [2.05, 4.69) is 93.7 Å². The molecule has 0 aromatic rings. The molecule has 6 unspecified atom stereocenters. The molecule has 1 heterocycles. The number of carbonyl (C=O) groups is 4. The van der Waals surface area contributed by atoms with Gasteiger partial charge in [0, 0.05) is 19.3 Å². The lowest BCUT2D eigenvalue weighted by Gasteiger charge is -2.40. The van der Waals surface area contributed by atoms with E-state index in [1.165, 1.54) is 89.9 Å². The Balaban J connectivity index is 2.70. The topological polar surface area (TPSA) is 175 Å². The summed E-state index contributed by atoms with van der Waals surface area (Å²) in [7, 11) is 0. The first-order valence-electron chi connectivity index (χ1n) is 29.6. The number of carbonyl (C=O) groups excluding carboxylic acids is 3. The van der Waals surface area contributed by atoms with Crippen LogP contribution in [0, 0.1) is 0 Å². The van der Waals surface area contributed by atoms with Crippen molar-refractivity contribution in [3.05, 3.63) is 85.1 Å². The first kappa shape index (κ1) is 68.9. The molecule has 0 spiro atoms. The second-order valence-electron chi connectivity index (χ2n) is 19.9. The molecular formula is C63H104O12.